The smallest absolute Gasteiger partial charge is 0.251 e. The molecule has 28 heavy (non-hydrogen) atoms. The molecule has 0 aliphatic carbocycles. The summed E-state index contributed by atoms with van der Waals surface area (Å²) < 4.78 is 32.1. The van der Waals surface area contributed by atoms with Crippen molar-refractivity contribution in [3.05, 3.63) is 29.8 Å². The predicted molar refractivity (Wildman–Crippen MR) is 113 cm³/mol. The molecule has 2 rings (SSSR count). The van der Waals surface area contributed by atoms with Gasteiger partial charge in [-0.05, 0) is 44.1 Å². The van der Waals surface area contributed by atoms with Gasteiger partial charge in [-0.1, -0.05) is 19.9 Å². The van der Waals surface area contributed by atoms with Gasteiger partial charge in [-0.15, -0.1) is 12.4 Å². The van der Waals surface area contributed by atoms with E-state index in [1.54, 1.807) is 33.1 Å². The zero-order chi connectivity index (χ0) is 19.9. The van der Waals surface area contributed by atoms with Crippen LogP contribution in [0.25, 0.3) is 0 Å². The van der Waals surface area contributed by atoms with Gasteiger partial charge in [0.15, 0.2) is 0 Å². The Labute approximate surface area is 174 Å². The number of nitrogens with zero attached hydrogens (tertiary/aromatic N) is 1. The summed E-state index contributed by atoms with van der Waals surface area (Å²) >= 11 is 0. The van der Waals surface area contributed by atoms with Crippen molar-refractivity contribution >= 4 is 28.3 Å². The molecule has 0 spiro atoms. The molecule has 1 heterocycles. The number of nitrogens with one attached hydrogen (secondary N) is 2. The molecule has 7 nitrogen and oxygen atoms in total. The lowest BCUT2D eigenvalue weighted by atomic mass is 9.79. The van der Waals surface area contributed by atoms with Gasteiger partial charge in [0.2, 0.25) is 10.0 Å². The fraction of sp³-hybridized carbons (Fsp3) is 0.632. The Kier molecular flexibility index (Phi) is 9.86. The van der Waals surface area contributed by atoms with Gasteiger partial charge >= 0.3 is 0 Å². The highest BCUT2D eigenvalue weighted by atomic mass is 35.5. The highest BCUT2D eigenvalue weighted by Crippen LogP contribution is 2.28. The quantitative estimate of drug-likeness (QED) is 0.620. The van der Waals surface area contributed by atoms with Gasteiger partial charge in [-0.2, -0.15) is 4.31 Å². The summed E-state index contributed by atoms with van der Waals surface area (Å²) in [4.78, 5) is 12.8. The van der Waals surface area contributed by atoms with Crippen LogP contribution in [0.15, 0.2) is 29.2 Å². The number of benzene rings is 1. The Morgan fingerprint density at radius 1 is 1.25 bits per heavy atom. The first-order chi connectivity index (χ1) is 12.9. The van der Waals surface area contributed by atoms with Crippen LogP contribution in [0.4, 0.5) is 0 Å². The Morgan fingerprint density at radius 3 is 2.46 bits per heavy atom. The van der Waals surface area contributed by atoms with Gasteiger partial charge in [-0.25, -0.2) is 8.42 Å². The van der Waals surface area contributed by atoms with E-state index in [4.69, 9.17) is 4.74 Å². The fourth-order valence-electron chi connectivity index (χ4n) is 3.52. The van der Waals surface area contributed by atoms with Gasteiger partial charge in [0.1, 0.15) is 0 Å². The van der Waals surface area contributed by atoms with Crippen molar-refractivity contribution in [1.82, 2.24) is 14.9 Å². The van der Waals surface area contributed by atoms with E-state index in [2.05, 4.69) is 10.6 Å². The molecular formula is C19H32ClN3O4S. The van der Waals surface area contributed by atoms with Gasteiger partial charge in [0, 0.05) is 37.7 Å². The van der Waals surface area contributed by atoms with Gasteiger partial charge in [-0.3, -0.25) is 4.79 Å². The van der Waals surface area contributed by atoms with E-state index < -0.39 is 10.0 Å². The third-order valence-electron chi connectivity index (χ3n) is 5.18. The van der Waals surface area contributed by atoms with Crippen LogP contribution in [0.2, 0.25) is 0 Å². The lowest BCUT2D eigenvalue weighted by molar-refractivity contribution is 0.0511. The molecule has 0 aromatic heterocycles. The summed E-state index contributed by atoms with van der Waals surface area (Å²) in [6.45, 7) is 7.27. The molecular weight excluding hydrogens is 402 g/mol. The van der Waals surface area contributed by atoms with E-state index >= 15 is 0 Å². The van der Waals surface area contributed by atoms with Crippen LogP contribution in [0.5, 0.6) is 0 Å². The molecule has 0 radical (unpaired) electrons. The largest absolute Gasteiger partial charge is 0.384 e. The molecule has 1 amide bonds. The molecule has 0 atom stereocenters. The van der Waals surface area contributed by atoms with Crippen LogP contribution in [0, 0.1) is 5.41 Å². The molecule has 1 aromatic carbocycles. The lowest BCUT2D eigenvalue weighted by Crippen LogP contribution is -2.47. The van der Waals surface area contributed by atoms with Gasteiger partial charge < -0.3 is 15.4 Å². The van der Waals surface area contributed by atoms with E-state index in [0.717, 1.165) is 25.9 Å². The Balaban J connectivity index is 0.00000392. The summed E-state index contributed by atoms with van der Waals surface area (Å²) in [5.74, 6) is -0.263. The number of hydrogen-bond acceptors (Lipinski definition) is 5. The maximum atomic E-state index is 12.7. The van der Waals surface area contributed by atoms with Gasteiger partial charge in [0.05, 0.1) is 11.5 Å². The number of hydrogen-bond donors (Lipinski definition) is 2. The molecule has 1 aromatic rings. The number of amides is 1. The molecule has 0 unspecified atom stereocenters. The Morgan fingerprint density at radius 2 is 1.89 bits per heavy atom. The average molecular weight is 434 g/mol. The molecule has 160 valence electrons. The van der Waals surface area contributed by atoms with Crippen LogP contribution < -0.4 is 10.6 Å². The molecule has 9 heteroatoms. The van der Waals surface area contributed by atoms with Crippen molar-refractivity contribution in [2.75, 3.05) is 46.4 Å². The van der Waals surface area contributed by atoms with Crippen LogP contribution >= 0.6 is 12.4 Å². The summed E-state index contributed by atoms with van der Waals surface area (Å²) in [7, 11) is -1.91. The van der Waals surface area contributed by atoms with Crippen molar-refractivity contribution in [1.29, 1.82) is 0 Å². The van der Waals surface area contributed by atoms with Crippen LogP contribution in [0.3, 0.4) is 0 Å². The number of methoxy groups -OCH3 is 1. The van der Waals surface area contributed by atoms with E-state index in [9.17, 15) is 13.2 Å². The minimum absolute atomic E-state index is 0. The summed E-state index contributed by atoms with van der Waals surface area (Å²) in [6, 6.07) is 6.24. The fourth-order valence-corrected chi connectivity index (χ4v) is 5.02. The third kappa shape index (κ3) is 5.90. The first kappa shape index (κ1) is 24.8. The van der Waals surface area contributed by atoms with Crippen molar-refractivity contribution in [3.63, 3.8) is 0 Å². The maximum absolute atomic E-state index is 12.7. The van der Waals surface area contributed by atoms with Crippen LogP contribution in [-0.4, -0.2) is 65.1 Å². The minimum Gasteiger partial charge on any atom is -0.384 e. The monoisotopic (exact) mass is 433 g/mol. The number of carbonyl (C=O) groups is 1. The highest BCUT2D eigenvalue weighted by molar-refractivity contribution is 7.89. The van der Waals surface area contributed by atoms with Gasteiger partial charge in [0.25, 0.3) is 5.91 Å². The topological polar surface area (TPSA) is 87.7 Å². The molecule has 0 saturated carbocycles. The number of carbonyl (C=O) groups excluding carboxylic acids is 1. The molecule has 1 aliphatic heterocycles. The summed E-state index contributed by atoms with van der Waals surface area (Å²) in [6.07, 6.45) is 1.86. The van der Waals surface area contributed by atoms with E-state index in [0.29, 0.717) is 31.8 Å². The number of piperidine rings is 1. The Bertz CT molecular complexity index is 727. The highest BCUT2D eigenvalue weighted by Gasteiger charge is 2.32. The number of ether oxygens (including phenoxy) is 1. The number of halogens is 1. The minimum atomic E-state index is -3.59. The van der Waals surface area contributed by atoms with Crippen LogP contribution in [-0.2, 0) is 14.8 Å². The van der Waals surface area contributed by atoms with Crippen LogP contribution in [0.1, 0.15) is 37.0 Å². The first-order valence-electron chi connectivity index (χ1n) is 9.46. The second kappa shape index (κ2) is 11.1. The lowest BCUT2D eigenvalue weighted by Gasteiger charge is -2.37. The second-order valence-corrected chi connectivity index (χ2v) is 8.92. The van der Waals surface area contributed by atoms with Crippen molar-refractivity contribution < 1.29 is 17.9 Å². The maximum Gasteiger partial charge on any atom is 0.251 e. The molecule has 1 fully saturated rings. The molecule has 2 N–H and O–H groups in total. The summed E-state index contributed by atoms with van der Waals surface area (Å²) in [5.41, 5.74) is 0.269. The van der Waals surface area contributed by atoms with Crippen molar-refractivity contribution in [2.45, 2.75) is 31.6 Å². The number of rotatable bonds is 9. The average Bonchev–Trinajstić information content (AvgIpc) is 2.68. The zero-order valence-corrected chi connectivity index (χ0v) is 18.5. The molecule has 1 aliphatic rings. The zero-order valence-electron chi connectivity index (χ0n) is 16.9. The predicted octanol–water partition coefficient (Wildman–Crippen LogP) is 1.88. The first-order valence-corrected chi connectivity index (χ1v) is 10.9. The third-order valence-corrected chi connectivity index (χ3v) is 7.22. The molecule has 1 saturated heterocycles. The second-order valence-electron chi connectivity index (χ2n) is 6.98. The standard InChI is InChI=1S/C19H31N3O4S.ClH/c1-4-22(5-2)27(24,25)17-8-6-7-16(13-17)18(23)21-14-19(15-26-3)9-11-20-12-10-19;/h6-8,13,20H,4-5,9-12,14-15H2,1-3H3,(H,21,23);1H. The van der Waals surface area contributed by atoms with Crippen molar-refractivity contribution in [3.8, 4) is 0 Å². The summed E-state index contributed by atoms with van der Waals surface area (Å²) in [5, 5.41) is 6.30. The van der Waals surface area contributed by atoms with E-state index in [1.165, 1.54) is 16.4 Å². The van der Waals surface area contributed by atoms with E-state index in [-0.39, 0.29) is 28.6 Å². The molecule has 0 bridgehead atoms. The van der Waals surface area contributed by atoms with E-state index in [1.807, 2.05) is 0 Å². The van der Waals surface area contributed by atoms with Crippen molar-refractivity contribution in [2.24, 2.45) is 5.41 Å². The number of sulfonamides is 1. The Hall–Kier alpha value is -1.19. The SMILES string of the molecule is CCN(CC)S(=O)(=O)c1cccc(C(=O)NCC2(COC)CCNCC2)c1.Cl. The normalized spacial score (nSPS) is 16.4.